The summed E-state index contributed by atoms with van der Waals surface area (Å²) in [6.07, 6.45) is 12.5. The number of nitrogens with one attached hydrogen (secondary N) is 1. The molecule has 1 amide bonds. The third-order valence-electron chi connectivity index (χ3n) is 7.50. The average Bonchev–Trinajstić information content (AvgIpc) is 2.68. The zero-order valence-corrected chi connectivity index (χ0v) is 18.4. The van der Waals surface area contributed by atoms with Gasteiger partial charge in [0.15, 0.2) is 0 Å². The van der Waals surface area contributed by atoms with E-state index in [1.807, 2.05) is 4.90 Å². The standard InChI is InChI=1S/C25H39N3O/c1-19-17-27(23-14-8-9-15-24(23)28(19)20(2)29)18-22-13-10-16-26-25(22)21-11-6-4-3-5-7-12-21/h8-9,14-15,19,21-22,25-26H,3-7,10-13,16-18H2,1-2H3. The molecule has 0 radical (unpaired) electrons. The van der Waals surface area contributed by atoms with Crippen LogP contribution in [0.4, 0.5) is 11.4 Å². The Labute approximate surface area is 177 Å². The van der Waals surface area contributed by atoms with Crippen molar-refractivity contribution < 1.29 is 4.79 Å². The predicted molar refractivity (Wildman–Crippen MR) is 122 cm³/mol. The molecule has 3 unspecified atom stereocenters. The van der Waals surface area contributed by atoms with Gasteiger partial charge in [-0.15, -0.1) is 0 Å². The van der Waals surface area contributed by atoms with E-state index in [1.54, 1.807) is 6.92 Å². The molecule has 1 saturated carbocycles. The predicted octanol–water partition coefficient (Wildman–Crippen LogP) is 4.98. The zero-order chi connectivity index (χ0) is 20.2. The number of amides is 1. The van der Waals surface area contributed by atoms with Gasteiger partial charge in [-0.3, -0.25) is 4.79 Å². The van der Waals surface area contributed by atoms with Crippen molar-refractivity contribution in [1.82, 2.24) is 5.32 Å². The third-order valence-corrected chi connectivity index (χ3v) is 7.50. The van der Waals surface area contributed by atoms with Crippen LogP contribution >= 0.6 is 0 Å². The molecule has 2 fully saturated rings. The number of hydrogen-bond acceptors (Lipinski definition) is 3. The summed E-state index contributed by atoms with van der Waals surface area (Å²) in [7, 11) is 0. The molecule has 0 bridgehead atoms. The second kappa shape index (κ2) is 9.51. The summed E-state index contributed by atoms with van der Waals surface area (Å²) in [4.78, 5) is 16.8. The summed E-state index contributed by atoms with van der Waals surface area (Å²) in [5.41, 5.74) is 2.33. The SMILES string of the molecule is CC(=O)N1c2ccccc2N(CC2CCCNC2C2CCCCCCC2)CC1C. The molecule has 1 aromatic rings. The lowest BCUT2D eigenvalue weighted by molar-refractivity contribution is -0.117. The van der Waals surface area contributed by atoms with Crippen molar-refractivity contribution >= 4 is 17.3 Å². The lowest BCUT2D eigenvalue weighted by Gasteiger charge is -2.46. The first-order chi connectivity index (χ1) is 14.1. The molecule has 160 valence electrons. The highest BCUT2D eigenvalue weighted by molar-refractivity contribution is 5.97. The molecule has 1 saturated heterocycles. The Hall–Kier alpha value is -1.55. The number of carbonyl (C=O) groups is 1. The maximum absolute atomic E-state index is 12.3. The van der Waals surface area contributed by atoms with Crippen LogP contribution in [0.25, 0.3) is 0 Å². The molecule has 2 heterocycles. The number of hydrogen-bond donors (Lipinski definition) is 1. The number of fused-ring (bicyclic) bond motifs is 1. The highest BCUT2D eigenvalue weighted by Crippen LogP contribution is 2.38. The maximum atomic E-state index is 12.3. The molecular weight excluding hydrogens is 358 g/mol. The number of carbonyl (C=O) groups excluding carboxylic acids is 1. The minimum Gasteiger partial charge on any atom is -0.367 e. The number of rotatable bonds is 3. The summed E-state index contributed by atoms with van der Waals surface area (Å²) in [5.74, 6) is 1.69. The van der Waals surface area contributed by atoms with Crippen molar-refractivity contribution in [2.45, 2.75) is 83.7 Å². The van der Waals surface area contributed by atoms with E-state index in [4.69, 9.17) is 0 Å². The van der Waals surface area contributed by atoms with Crippen LogP contribution in [0.3, 0.4) is 0 Å². The first kappa shape index (κ1) is 20.7. The Bertz CT molecular complexity index is 682. The molecule has 3 atom stereocenters. The summed E-state index contributed by atoms with van der Waals surface area (Å²) in [6, 6.07) is 9.38. The van der Waals surface area contributed by atoms with Crippen molar-refractivity contribution in [3.63, 3.8) is 0 Å². The van der Waals surface area contributed by atoms with Crippen molar-refractivity contribution in [1.29, 1.82) is 0 Å². The number of para-hydroxylation sites is 2. The van der Waals surface area contributed by atoms with Gasteiger partial charge in [0.05, 0.1) is 17.4 Å². The summed E-state index contributed by atoms with van der Waals surface area (Å²) >= 11 is 0. The van der Waals surface area contributed by atoms with Crippen molar-refractivity contribution in [2.75, 3.05) is 29.4 Å². The van der Waals surface area contributed by atoms with Crippen LogP contribution in [0, 0.1) is 11.8 Å². The van der Waals surface area contributed by atoms with Crippen LogP contribution in [-0.4, -0.2) is 37.6 Å². The number of benzene rings is 1. The highest BCUT2D eigenvalue weighted by atomic mass is 16.2. The monoisotopic (exact) mass is 397 g/mol. The van der Waals surface area contributed by atoms with Gasteiger partial charge < -0.3 is 15.1 Å². The molecule has 4 rings (SSSR count). The molecule has 1 aliphatic carbocycles. The van der Waals surface area contributed by atoms with Gasteiger partial charge in [-0.05, 0) is 63.1 Å². The Morgan fingerprint density at radius 2 is 1.69 bits per heavy atom. The quantitative estimate of drug-likeness (QED) is 0.781. The largest absolute Gasteiger partial charge is 0.367 e. The van der Waals surface area contributed by atoms with Gasteiger partial charge in [-0.2, -0.15) is 0 Å². The first-order valence-electron chi connectivity index (χ1n) is 12.0. The number of nitrogens with zero attached hydrogens (tertiary/aromatic N) is 2. The van der Waals surface area contributed by atoms with Gasteiger partial charge in [0, 0.05) is 26.1 Å². The van der Waals surface area contributed by atoms with Gasteiger partial charge in [-0.25, -0.2) is 0 Å². The van der Waals surface area contributed by atoms with E-state index in [2.05, 4.69) is 41.4 Å². The van der Waals surface area contributed by atoms with E-state index in [1.165, 1.54) is 70.0 Å². The first-order valence-corrected chi connectivity index (χ1v) is 12.0. The van der Waals surface area contributed by atoms with E-state index in [0.717, 1.165) is 24.7 Å². The topological polar surface area (TPSA) is 35.6 Å². The second-order valence-corrected chi connectivity index (χ2v) is 9.62. The van der Waals surface area contributed by atoms with Crippen LogP contribution in [-0.2, 0) is 4.79 Å². The van der Waals surface area contributed by atoms with Crippen LogP contribution in [0.2, 0.25) is 0 Å². The maximum Gasteiger partial charge on any atom is 0.224 e. The summed E-state index contributed by atoms with van der Waals surface area (Å²) in [5, 5.41) is 3.95. The molecular formula is C25H39N3O. The number of piperidine rings is 1. The fourth-order valence-electron chi connectivity index (χ4n) is 6.19. The minimum atomic E-state index is 0.149. The van der Waals surface area contributed by atoms with Crippen LogP contribution in [0.15, 0.2) is 24.3 Å². The smallest absolute Gasteiger partial charge is 0.224 e. The van der Waals surface area contributed by atoms with Gasteiger partial charge in [0.2, 0.25) is 5.91 Å². The Kier molecular flexibility index (Phi) is 6.79. The molecule has 3 aliphatic rings. The van der Waals surface area contributed by atoms with Crippen LogP contribution in [0.1, 0.15) is 71.6 Å². The van der Waals surface area contributed by atoms with Crippen molar-refractivity contribution in [3.8, 4) is 0 Å². The fraction of sp³-hybridized carbons (Fsp3) is 0.720. The Morgan fingerprint density at radius 3 is 2.41 bits per heavy atom. The minimum absolute atomic E-state index is 0.149. The van der Waals surface area contributed by atoms with E-state index < -0.39 is 0 Å². The molecule has 4 nitrogen and oxygen atoms in total. The molecule has 1 aromatic carbocycles. The summed E-state index contributed by atoms with van der Waals surface area (Å²) < 4.78 is 0. The van der Waals surface area contributed by atoms with Gasteiger partial charge in [-0.1, -0.05) is 44.2 Å². The Balaban J connectivity index is 1.53. The van der Waals surface area contributed by atoms with E-state index in [-0.39, 0.29) is 11.9 Å². The van der Waals surface area contributed by atoms with E-state index >= 15 is 0 Å². The highest BCUT2D eigenvalue weighted by Gasteiger charge is 2.36. The molecule has 1 N–H and O–H groups in total. The lowest BCUT2D eigenvalue weighted by atomic mass is 9.76. The van der Waals surface area contributed by atoms with E-state index in [9.17, 15) is 4.79 Å². The molecule has 0 spiro atoms. The summed E-state index contributed by atoms with van der Waals surface area (Å²) in [6.45, 7) is 7.11. The second-order valence-electron chi connectivity index (χ2n) is 9.62. The normalized spacial score (nSPS) is 29.1. The van der Waals surface area contributed by atoms with Gasteiger partial charge >= 0.3 is 0 Å². The molecule has 4 heteroatoms. The third kappa shape index (κ3) is 4.63. The number of anilines is 2. The van der Waals surface area contributed by atoms with Crippen molar-refractivity contribution in [2.24, 2.45) is 11.8 Å². The Morgan fingerprint density at radius 1 is 1.00 bits per heavy atom. The lowest BCUT2D eigenvalue weighted by Crippen LogP contribution is -2.54. The zero-order valence-electron chi connectivity index (χ0n) is 18.4. The van der Waals surface area contributed by atoms with Gasteiger partial charge in [0.1, 0.15) is 0 Å². The fourth-order valence-corrected chi connectivity index (χ4v) is 6.19. The molecule has 0 aromatic heterocycles. The van der Waals surface area contributed by atoms with Crippen LogP contribution < -0.4 is 15.1 Å². The molecule has 2 aliphatic heterocycles. The van der Waals surface area contributed by atoms with Gasteiger partial charge in [0.25, 0.3) is 0 Å². The average molecular weight is 398 g/mol. The van der Waals surface area contributed by atoms with E-state index in [0.29, 0.717) is 12.0 Å². The van der Waals surface area contributed by atoms with Crippen LogP contribution in [0.5, 0.6) is 0 Å². The van der Waals surface area contributed by atoms with Crippen molar-refractivity contribution in [3.05, 3.63) is 24.3 Å². The molecule has 29 heavy (non-hydrogen) atoms.